The van der Waals surface area contributed by atoms with Crippen LogP contribution in [0.1, 0.15) is 32.3 Å². The second kappa shape index (κ2) is 7.61. The molecule has 0 radical (unpaired) electrons. The Morgan fingerprint density at radius 2 is 2.14 bits per heavy atom. The Morgan fingerprint density at radius 1 is 1.41 bits per heavy atom. The summed E-state index contributed by atoms with van der Waals surface area (Å²) in [6.45, 7) is 6.50. The van der Waals surface area contributed by atoms with Crippen LogP contribution < -0.4 is 11.1 Å². The van der Waals surface area contributed by atoms with E-state index in [9.17, 15) is 4.79 Å². The van der Waals surface area contributed by atoms with Crippen LogP contribution in [-0.2, 0) is 11.3 Å². The molecule has 22 heavy (non-hydrogen) atoms. The topological polar surface area (TPSA) is 67.6 Å². The third-order valence-electron chi connectivity index (χ3n) is 3.73. The number of benzene rings is 1. The molecule has 5 heteroatoms. The molecule has 1 fully saturated rings. The van der Waals surface area contributed by atoms with Gasteiger partial charge in [0.05, 0.1) is 0 Å². The van der Waals surface area contributed by atoms with Crippen molar-refractivity contribution < 1.29 is 9.53 Å². The SMILES string of the molecule is CC(C)(N)CN[C@H]1CCCN(C(=O)OCc2ccccc2)C1. The van der Waals surface area contributed by atoms with Crippen LogP contribution in [0.15, 0.2) is 30.3 Å². The van der Waals surface area contributed by atoms with Crippen molar-refractivity contribution in [1.82, 2.24) is 10.2 Å². The summed E-state index contributed by atoms with van der Waals surface area (Å²) in [6, 6.07) is 10.0. The predicted octanol–water partition coefficient (Wildman–Crippen LogP) is 2.11. The standard InChI is InChI=1S/C17H27N3O2/c1-17(2,18)13-19-15-9-6-10-20(11-15)16(21)22-12-14-7-4-3-5-8-14/h3-5,7-8,15,19H,6,9-13,18H2,1-2H3/t15-/m0/s1. The van der Waals surface area contributed by atoms with Crippen LogP contribution in [0.4, 0.5) is 4.79 Å². The van der Waals surface area contributed by atoms with E-state index in [0.29, 0.717) is 19.2 Å². The molecule has 1 amide bonds. The number of likely N-dealkylation sites (tertiary alicyclic amines) is 1. The van der Waals surface area contributed by atoms with Gasteiger partial charge in [0.15, 0.2) is 0 Å². The van der Waals surface area contributed by atoms with E-state index in [1.54, 1.807) is 4.90 Å². The first-order valence-corrected chi connectivity index (χ1v) is 7.92. The third-order valence-corrected chi connectivity index (χ3v) is 3.73. The summed E-state index contributed by atoms with van der Waals surface area (Å²) in [5.74, 6) is 0. The summed E-state index contributed by atoms with van der Waals surface area (Å²) in [5.41, 5.74) is 6.76. The second-order valence-electron chi connectivity index (χ2n) is 6.69. The number of nitrogens with two attached hydrogens (primary N) is 1. The Kier molecular flexibility index (Phi) is 5.80. The lowest BCUT2D eigenvalue weighted by Gasteiger charge is -2.34. The molecule has 0 spiro atoms. The van der Waals surface area contributed by atoms with Gasteiger partial charge in [-0.15, -0.1) is 0 Å². The van der Waals surface area contributed by atoms with E-state index in [4.69, 9.17) is 10.5 Å². The van der Waals surface area contributed by atoms with Crippen molar-refractivity contribution in [3.8, 4) is 0 Å². The minimum absolute atomic E-state index is 0.234. The van der Waals surface area contributed by atoms with Crippen LogP contribution in [0.2, 0.25) is 0 Å². The minimum Gasteiger partial charge on any atom is -0.445 e. The Hall–Kier alpha value is -1.59. The molecule has 0 unspecified atom stereocenters. The van der Waals surface area contributed by atoms with Crippen LogP contribution in [0.25, 0.3) is 0 Å². The molecule has 0 aromatic heterocycles. The molecule has 1 heterocycles. The smallest absolute Gasteiger partial charge is 0.410 e. The van der Waals surface area contributed by atoms with Gasteiger partial charge in [-0.2, -0.15) is 0 Å². The van der Waals surface area contributed by atoms with E-state index >= 15 is 0 Å². The third kappa shape index (κ3) is 5.66. The summed E-state index contributed by atoms with van der Waals surface area (Å²) in [6.07, 6.45) is 1.82. The molecule has 1 aromatic carbocycles. The largest absolute Gasteiger partial charge is 0.445 e. The first kappa shape index (κ1) is 16.8. The van der Waals surface area contributed by atoms with E-state index in [0.717, 1.165) is 31.5 Å². The first-order valence-electron chi connectivity index (χ1n) is 7.92. The van der Waals surface area contributed by atoms with Gasteiger partial charge in [-0.05, 0) is 32.3 Å². The molecular weight excluding hydrogens is 278 g/mol. The molecule has 1 atom stereocenters. The molecule has 0 aliphatic carbocycles. The van der Waals surface area contributed by atoms with E-state index in [2.05, 4.69) is 5.32 Å². The van der Waals surface area contributed by atoms with Crippen molar-refractivity contribution in [2.24, 2.45) is 5.73 Å². The van der Waals surface area contributed by atoms with E-state index in [-0.39, 0.29) is 11.6 Å². The average molecular weight is 305 g/mol. The number of nitrogens with zero attached hydrogens (tertiary/aromatic N) is 1. The predicted molar refractivity (Wildman–Crippen MR) is 87.5 cm³/mol. The number of hydrogen-bond acceptors (Lipinski definition) is 4. The normalized spacial score (nSPS) is 19.0. The van der Waals surface area contributed by atoms with Gasteiger partial charge in [-0.1, -0.05) is 30.3 Å². The number of carbonyl (C=O) groups excluding carboxylic acids is 1. The van der Waals surface area contributed by atoms with Gasteiger partial charge >= 0.3 is 6.09 Å². The van der Waals surface area contributed by atoms with Crippen LogP contribution in [0, 0.1) is 0 Å². The van der Waals surface area contributed by atoms with Gasteiger partial charge < -0.3 is 20.7 Å². The summed E-state index contributed by atoms with van der Waals surface area (Å²) in [5, 5.41) is 3.45. The Labute approximate surface area is 132 Å². The molecule has 122 valence electrons. The highest BCUT2D eigenvalue weighted by atomic mass is 16.6. The molecule has 5 nitrogen and oxygen atoms in total. The maximum Gasteiger partial charge on any atom is 0.410 e. The van der Waals surface area contributed by atoms with Crippen molar-refractivity contribution in [2.75, 3.05) is 19.6 Å². The zero-order chi connectivity index (χ0) is 16.0. The zero-order valence-corrected chi connectivity index (χ0v) is 13.5. The van der Waals surface area contributed by atoms with Gasteiger partial charge in [-0.25, -0.2) is 4.79 Å². The first-order chi connectivity index (χ1) is 10.4. The molecule has 1 aliphatic heterocycles. The van der Waals surface area contributed by atoms with Crippen LogP contribution in [-0.4, -0.2) is 42.2 Å². The number of rotatable bonds is 5. The lowest BCUT2D eigenvalue weighted by atomic mass is 10.0. The van der Waals surface area contributed by atoms with Crippen LogP contribution >= 0.6 is 0 Å². The zero-order valence-electron chi connectivity index (χ0n) is 13.5. The summed E-state index contributed by atoms with van der Waals surface area (Å²) < 4.78 is 5.40. The second-order valence-corrected chi connectivity index (χ2v) is 6.69. The van der Waals surface area contributed by atoms with Gasteiger partial charge in [0.1, 0.15) is 6.61 Å². The number of carbonyl (C=O) groups is 1. The number of amides is 1. The van der Waals surface area contributed by atoms with Crippen molar-refractivity contribution in [1.29, 1.82) is 0 Å². The Balaban J connectivity index is 1.77. The summed E-state index contributed by atoms with van der Waals surface area (Å²) in [4.78, 5) is 14.0. The molecule has 0 saturated carbocycles. The minimum atomic E-state index is -0.240. The van der Waals surface area contributed by atoms with Gasteiger partial charge in [0, 0.05) is 31.2 Å². The fraction of sp³-hybridized carbons (Fsp3) is 0.588. The lowest BCUT2D eigenvalue weighted by molar-refractivity contribution is 0.0829. The molecule has 1 saturated heterocycles. The maximum absolute atomic E-state index is 12.2. The fourth-order valence-corrected chi connectivity index (χ4v) is 2.53. The summed E-state index contributed by atoms with van der Waals surface area (Å²) >= 11 is 0. The molecule has 0 bridgehead atoms. The monoisotopic (exact) mass is 305 g/mol. The van der Waals surface area contributed by atoms with Crippen molar-refractivity contribution in [3.63, 3.8) is 0 Å². The molecule has 3 N–H and O–H groups in total. The highest BCUT2D eigenvalue weighted by Crippen LogP contribution is 2.13. The highest BCUT2D eigenvalue weighted by Gasteiger charge is 2.25. The van der Waals surface area contributed by atoms with Gasteiger partial charge in [0.25, 0.3) is 0 Å². The van der Waals surface area contributed by atoms with Crippen LogP contribution in [0.5, 0.6) is 0 Å². The Morgan fingerprint density at radius 3 is 2.82 bits per heavy atom. The van der Waals surface area contributed by atoms with Crippen molar-refractivity contribution >= 4 is 6.09 Å². The Bertz CT molecular complexity index is 471. The van der Waals surface area contributed by atoms with Crippen molar-refractivity contribution in [3.05, 3.63) is 35.9 Å². The maximum atomic E-state index is 12.2. The van der Waals surface area contributed by atoms with Crippen LogP contribution in [0.3, 0.4) is 0 Å². The average Bonchev–Trinajstić information content (AvgIpc) is 2.51. The van der Waals surface area contributed by atoms with Gasteiger partial charge in [0.2, 0.25) is 0 Å². The highest BCUT2D eigenvalue weighted by molar-refractivity contribution is 5.67. The lowest BCUT2D eigenvalue weighted by Crippen LogP contribution is -2.52. The molecule has 1 aromatic rings. The van der Waals surface area contributed by atoms with E-state index in [1.807, 2.05) is 44.2 Å². The quantitative estimate of drug-likeness (QED) is 0.874. The van der Waals surface area contributed by atoms with E-state index < -0.39 is 0 Å². The summed E-state index contributed by atoms with van der Waals surface area (Å²) in [7, 11) is 0. The fourth-order valence-electron chi connectivity index (χ4n) is 2.53. The van der Waals surface area contributed by atoms with Crippen molar-refractivity contribution in [2.45, 2.75) is 44.9 Å². The molecule has 1 aliphatic rings. The number of nitrogens with one attached hydrogen (secondary N) is 1. The number of ether oxygens (including phenoxy) is 1. The van der Waals surface area contributed by atoms with E-state index in [1.165, 1.54) is 0 Å². The number of hydrogen-bond donors (Lipinski definition) is 2. The molecular formula is C17H27N3O2. The number of piperidine rings is 1. The molecule has 2 rings (SSSR count). The van der Waals surface area contributed by atoms with Gasteiger partial charge in [-0.3, -0.25) is 0 Å².